The number of unbranched alkanes of at least 4 members (excludes halogenated alkanes) is 5. The van der Waals surface area contributed by atoms with Crippen LogP contribution in [-0.4, -0.2) is 13.7 Å². The molecular weight excluding hydrogens is 248 g/mol. The van der Waals surface area contributed by atoms with Crippen molar-refractivity contribution in [1.29, 1.82) is 5.26 Å². The molecule has 0 bridgehead atoms. The molecule has 0 aliphatic heterocycles. The van der Waals surface area contributed by atoms with Gasteiger partial charge in [0.25, 0.3) is 0 Å². The maximum absolute atomic E-state index is 8.93. The van der Waals surface area contributed by atoms with E-state index in [2.05, 4.69) is 18.3 Å². The molecule has 1 rings (SSSR count). The molecule has 0 aliphatic carbocycles. The van der Waals surface area contributed by atoms with Gasteiger partial charge in [-0.05, 0) is 31.2 Å². The van der Waals surface area contributed by atoms with Crippen LogP contribution < -0.4 is 10.1 Å². The van der Waals surface area contributed by atoms with Gasteiger partial charge in [0.2, 0.25) is 0 Å². The summed E-state index contributed by atoms with van der Waals surface area (Å²) in [5, 5.41) is 12.4. The van der Waals surface area contributed by atoms with Gasteiger partial charge < -0.3 is 10.1 Å². The Balaban J connectivity index is 2.26. The van der Waals surface area contributed by atoms with Gasteiger partial charge in [-0.2, -0.15) is 5.26 Å². The Morgan fingerprint density at radius 2 is 1.90 bits per heavy atom. The number of nitrogens with zero attached hydrogens (tertiary/aromatic N) is 1. The van der Waals surface area contributed by atoms with Crippen molar-refractivity contribution in [3.05, 3.63) is 29.3 Å². The minimum atomic E-state index is 0.683. The van der Waals surface area contributed by atoms with E-state index < -0.39 is 0 Å². The molecule has 110 valence electrons. The molecule has 1 N–H and O–H groups in total. The van der Waals surface area contributed by atoms with Crippen molar-refractivity contribution in [2.75, 3.05) is 13.7 Å². The number of ether oxygens (including phenoxy) is 1. The van der Waals surface area contributed by atoms with E-state index in [-0.39, 0.29) is 0 Å². The summed E-state index contributed by atoms with van der Waals surface area (Å²) in [6.07, 6.45) is 7.85. The summed E-state index contributed by atoms with van der Waals surface area (Å²) in [4.78, 5) is 0. The molecule has 0 spiro atoms. The van der Waals surface area contributed by atoms with Gasteiger partial charge in [0.1, 0.15) is 5.75 Å². The van der Waals surface area contributed by atoms with Gasteiger partial charge in [0.05, 0.1) is 18.7 Å². The first-order chi connectivity index (χ1) is 9.81. The van der Waals surface area contributed by atoms with Crippen LogP contribution in [0.3, 0.4) is 0 Å². The van der Waals surface area contributed by atoms with Crippen LogP contribution in [0.1, 0.15) is 56.6 Å². The summed E-state index contributed by atoms with van der Waals surface area (Å²) in [6.45, 7) is 4.02. The topological polar surface area (TPSA) is 45.0 Å². The smallest absolute Gasteiger partial charge is 0.123 e. The molecule has 0 saturated heterocycles. The Kier molecular flexibility index (Phi) is 8.49. The number of methoxy groups -OCH3 is 1. The van der Waals surface area contributed by atoms with Gasteiger partial charge in [-0.3, -0.25) is 0 Å². The van der Waals surface area contributed by atoms with Crippen LogP contribution in [0.4, 0.5) is 0 Å². The summed E-state index contributed by atoms with van der Waals surface area (Å²) in [7, 11) is 1.67. The largest absolute Gasteiger partial charge is 0.496 e. The molecule has 0 saturated carbocycles. The molecule has 0 aromatic heterocycles. The fraction of sp³-hybridized carbons (Fsp3) is 0.588. The number of benzene rings is 1. The van der Waals surface area contributed by atoms with Crippen LogP contribution in [0, 0.1) is 11.3 Å². The van der Waals surface area contributed by atoms with Crippen LogP contribution >= 0.6 is 0 Å². The second-order valence-corrected chi connectivity index (χ2v) is 5.08. The highest BCUT2D eigenvalue weighted by Gasteiger charge is 2.03. The third-order valence-electron chi connectivity index (χ3n) is 3.43. The fourth-order valence-corrected chi connectivity index (χ4v) is 2.24. The second kappa shape index (κ2) is 10.3. The van der Waals surface area contributed by atoms with E-state index in [4.69, 9.17) is 10.00 Å². The number of rotatable bonds is 10. The molecule has 0 fully saturated rings. The van der Waals surface area contributed by atoms with Crippen LogP contribution in [0.2, 0.25) is 0 Å². The number of hydrogen-bond donors (Lipinski definition) is 1. The number of hydrogen-bond acceptors (Lipinski definition) is 3. The zero-order valence-corrected chi connectivity index (χ0v) is 12.7. The fourth-order valence-electron chi connectivity index (χ4n) is 2.24. The van der Waals surface area contributed by atoms with Gasteiger partial charge in [0, 0.05) is 12.1 Å². The molecule has 0 aliphatic rings. The average Bonchev–Trinajstić information content (AvgIpc) is 2.49. The third kappa shape index (κ3) is 6.08. The predicted molar refractivity (Wildman–Crippen MR) is 82.8 cm³/mol. The van der Waals surface area contributed by atoms with E-state index in [0.717, 1.165) is 24.4 Å². The molecule has 0 amide bonds. The van der Waals surface area contributed by atoms with Gasteiger partial charge in [-0.1, -0.05) is 39.0 Å². The van der Waals surface area contributed by atoms with Crippen molar-refractivity contribution in [3.8, 4) is 11.8 Å². The number of nitrogens with one attached hydrogen (secondary N) is 1. The summed E-state index contributed by atoms with van der Waals surface area (Å²) < 4.78 is 5.32. The van der Waals surface area contributed by atoms with Crippen molar-refractivity contribution in [2.24, 2.45) is 0 Å². The Bertz CT molecular complexity index is 423. The van der Waals surface area contributed by atoms with Crippen molar-refractivity contribution < 1.29 is 4.74 Å². The van der Waals surface area contributed by atoms with E-state index in [1.165, 1.54) is 38.5 Å². The molecule has 1 aromatic carbocycles. The highest BCUT2D eigenvalue weighted by Crippen LogP contribution is 2.19. The summed E-state index contributed by atoms with van der Waals surface area (Å²) in [5.74, 6) is 0.847. The lowest BCUT2D eigenvalue weighted by Gasteiger charge is -2.10. The van der Waals surface area contributed by atoms with E-state index in [0.29, 0.717) is 5.56 Å². The Morgan fingerprint density at radius 1 is 1.15 bits per heavy atom. The predicted octanol–water partition coefficient (Wildman–Crippen LogP) is 4.02. The van der Waals surface area contributed by atoms with Gasteiger partial charge >= 0.3 is 0 Å². The summed E-state index contributed by atoms with van der Waals surface area (Å²) in [5.41, 5.74) is 1.74. The zero-order valence-electron chi connectivity index (χ0n) is 12.7. The monoisotopic (exact) mass is 274 g/mol. The zero-order chi connectivity index (χ0) is 14.6. The van der Waals surface area contributed by atoms with E-state index >= 15 is 0 Å². The minimum Gasteiger partial charge on any atom is -0.496 e. The minimum absolute atomic E-state index is 0.683. The maximum Gasteiger partial charge on any atom is 0.123 e. The van der Waals surface area contributed by atoms with Crippen molar-refractivity contribution in [2.45, 2.75) is 52.0 Å². The lowest BCUT2D eigenvalue weighted by atomic mass is 10.1. The lowest BCUT2D eigenvalue weighted by molar-refractivity contribution is 0.407. The molecular formula is C17H26N2O. The molecule has 20 heavy (non-hydrogen) atoms. The normalized spacial score (nSPS) is 10.2. The highest BCUT2D eigenvalue weighted by atomic mass is 16.5. The summed E-state index contributed by atoms with van der Waals surface area (Å²) in [6, 6.07) is 7.71. The lowest BCUT2D eigenvalue weighted by Crippen LogP contribution is -2.15. The second-order valence-electron chi connectivity index (χ2n) is 5.08. The van der Waals surface area contributed by atoms with Crippen LogP contribution in [-0.2, 0) is 6.54 Å². The quantitative estimate of drug-likeness (QED) is 0.655. The van der Waals surface area contributed by atoms with Gasteiger partial charge in [0.15, 0.2) is 0 Å². The van der Waals surface area contributed by atoms with Crippen molar-refractivity contribution >= 4 is 0 Å². The SMILES string of the molecule is CCCCCCCCNCc1cc(C#N)ccc1OC. The Morgan fingerprint density at radius 3 is 2.60 bits per heavy atom. The van der Waals surface area contributed by atoms with Gasteiger partial charge in [-0.25, -0.2) is 0 Å². The molecule has 0 radical (unpaired) electrons. The first-order valence-electron chi connectivity index (χ1n) is 7.59. The molecule has 1 aromatic rings. The molecule has 3 heteroatoms. The maximum atomic E-state index is 8.93. The average molecular weight is 274 g/mol. The third-order valence-corrected chi connectivity index (χ3v) is 3.43. The van der Waals surface area contributed by atoms with Crippen molar-refractivity contribution in [3.63, 3.8) is 0 Å². The Labute approximate surface area is 123 Å². The van der Waals surface area contributed by atoms with Crippen LogP contribution in [0.25, 0.3) is 0 Å². The van der Waals surface area contributed by atoms with Gasteiger partial charge in [-0.15, -0.1) is 0 Å². The van der Waals surface area contributed by atoms with E-state index in [9.17, 15) is 0 Å². The molecule has 3 nitrogen and oxygen atoms in total. The van der Waals surface area contributed by atoms with Crippen LogP contribution in [0.15, 0.2) is 18.2 Å². The Hall–Kier alpha value is -1.53. The standard InChI is InChI=1S/C17H26N2O/c1-3-4-5-6-7-8-11-19-14-16-12-15(13-18)9-10-17(16)20-2/h9-10,12,19H,3-8,11,14H2,1-2H3. The molecule has 0 heterocycles. The molecule has 0 unspecified atom stereocenters. The van der Waals surface area contributed by atoms with E-state index in [1.807, 2.05) is 12.1 Å². The van der Waals surface area contributed by atoms with Crippen LogP contribution in [0.5, 0.6) is 5.75 Å². The molecule has 0 atom stereocenters. The van der Waals surface area contributed by atoms with Crippen molar-refractivity contribution in [1.82, 2.24) is 5.32 Å². The van der Waals surface area contributed by atoms with E-state index in [1.54, 1.807) is 13.2 Å². The first kappa shape index (κ1) is 16.5. The summed E-state index contributed by atoms with van der Waals surface area (Å²) >= 11 is 0. The number of nitriles is 1. The highest BCUT2D eigenvalue weighted by molar-refractivity contribution is 5.41. The first-order valence-corrected chi connectivity index (χ1v) is 7.59.